The molecule has 4 heteroatoms. The Kier molecular flexibility index (Phi) is 2.48. The molecular formula is C14H13N3O. The molecule has 1 aromatic carbocycles. The summed E-state index contributed by atoms with van der Waals surface area (Å²) < 4.78 is 5.50. The Labute approximate surface area is 105 Å². The number of aryl methyl sites for hydroxylation is 2. The maximum absolute atomic E-state index is 5.50. The number of nitrogens with one attached hydrogen (secondary N) is 1. The minimum Gasteiger partial charge on any atom is -0.466 e. The van der Waals surface area contributed by atoms with E-state index in [9.17, 15) is 0 Å². The van der Waals surface area contributed by atoms with Crippen LogP contribution in [0.15, 0.2) is 40.8 Å². The molecule has 0 saturated carbocycles. The van der Waals surface area contributed by atoms with Crippen molar-refractivity contribution in [3.05, 3.63) is 47.9 Å². The zero-order valence-electron chi connectivity index (χ0n) is 10.3. The molecule has 0 spiro atoms. The van der Waals surface area contributed by atoms with Crippen LogP contribution < -0.4 is 0 Å². The summed E-state index contributed by atoms with van der Waals surface area (Å²) in [5.74, 6) is 3.16. The van der Waals surface area contributed by atoms with Gasteiger partial charge in [-0.05, 0) is 19.9 Å². The van der Waals surface area contributed by atoms with E-state index in [1.54, 1.807) is 0 Å². The molecule has 3 aromatic rings. The predicted octanol–water partition coefficient (Wildman–Crippen LogP) is 3.35. The summed E-state index contributed by atoms with van der Waals surface area (Å²) in [5.41, 5.74) is 1.96. The molecule has 2 aromatic heterocycles. The molecule has 0 amide bonds. The highest BCUT2D eigenvalue weighted by molar-refractivity contribution is 5.62. The van der Waals surface area contributed by atoms with Crippen LogP contribution in [0.3, 0.4) is 0 Å². The lowest BCUT2D eigenvalue weighted by atomic mass is 10.2. The fraction of sp³-hybridized carbons (Fsp3) is 0.143. The van der Waals surface area contributed by atoms with Crippen LogP contribution >= 0.6 is 0 Å². The zero-order chi connectivity index (χ0) is 12.5. The second-order valence-corrected chi connectivity index (χ2v) is 4.20. The Balaban J connectivity index is 2.02. The van der Waals surface area contributed by atoms with Gasteiger partial charge in [0.2, 0.25) is 0 Å². The molecule has 0 bridgehead atoms. The van der Waals surface area contributed by atoms with Crippen molar-refractivity contribution in [2.45, 2.75) is 13.8 Å². The molecule has 90 valence electrons. The van der Waals surface area contributed by atoms with Gasteiger partial charge in [0.05, 0.1) is 5.56 Å². The number of nitrogens with zero attached hydrogens (tertiary/aromatic N) is 2. The first-order chi connectivity index (χ1) is 8.74. The van der Waals surface area contributed by atoms with Crippen molar-refractivity contribution in [2.24, 2.45) is 0 Å². The van der Waals surface area contributed by atoms with Crippen LogP contribution in [-0.2, 0) is 0 Å². The van der Waals surface area contributed by atoms with Gasteiger partial charge in [-0.2, -0.15) is 5.10 Å². The summed E-state index contributed by atoms with van der Waals surface area (Å²) in [7, 11) is 0. The number of benzene rings is 1. The smallest absolute Gasteiger partial charge is 0.181 e. The first kappa shape index (κ1) is 10.8. The highest BCUT2D eigenvalue weighted by Crippen LogP contribution is 2.25. The van der Waals surface area contributed by atoms with E-state index in [1.165, 1.54) is 0 Å². The van der Waals surface area contributed by atoms with Crippen LogP contribution in [0.2, 0.25) is 0 Å². The second-order valence-electron chi connectivity index (χ2n) is 4.20. The van der Waals surface area contributed by atoms with E-state index >= 15 is 0 Å². The van der Waals surface area contributed by atoms with Gasteiger partial charge in [0, 0.05) is 5.56 Å². The molecule has 18 heavy (non-hydrogen) atoms. The van der Waals surface area contributed by atoms with Gasteiger partial charge in [0.15, 0.2) is 11.6 Å². The molecule has 0 atom stereocenters. The molecule has 2 heterocycles. The van der Waals surface area contributed by atoms with E-state index in [2.05, 4.69) is 15.2 Å². The molecule has 0 aliphatic rings. The molecule has 4 nitrogen and oxygen atoms in total. The standard InChI is InChI=1S/C14H13N3O/c1-9-8-12(10(2)18-9)14-15-13(16-17-14)11-6-4-3-5-7-11/h3-8H,1-2H3,(H,15,16,17). The second kappa shape index (κ2) is 4.14. The van der Waals surface area contributed by atoms with Crippen LogP contribution in [0.4, 0.5) is 0 Å². The highest BCUT2D eigenvalue weighted by atomic mass is 16.3. The van der Waals surface area contributed by atoms with Gasteiger partial charge in [-0.3, -0.25) is 5.10 Å². The molecule has 1 N–H and O–H groups in total. The Hall–Kier alpha value is -2.36. The normalized spacial score (nSPS) is 10.8. The van der Waals surface area contributed by atoms with Crippen molar-refractivity contribution in [1.82, 2.24) is 15.2 Å². The van der Waals surface area contributed by atoms with E-state index in [-0.39, 0.29) is 0 Å². The van der Waals surface area contributed by atoms with Crippen molar-refractivity contribution < 1.29 is 4.42 Å². The van der Waals surface area contributed by atoms with Gasteiger partial charge in [-0.1, -0.05) is 30.3 Å². The van der Waals surface area contributed by atoms with Gasteiger partial charge in [0.1, 0.15) is 11.5 Å². The average Bonchev–Trinajstić information content (AvgIpc) is 2.97. The molecule has 0 saturated heterocycles. The van der Waals surface area contributed by atoms with Crippen molar-refractivity contribution >= 4 is 0 Å². The molecular weight excluding hydrogens is 226 g/mol. The van der Waals surface area contributed by atoms with E-state index in [0.29, 0.717) is 5.82 Å². The molecule has 0 radical (unpaired) electrons. The van der Waals surface area contributed by atoms with Crippen molar-refractivity contribution in [1.29, 1.82) is 0 Å². The molecule has 0 aliphatic heterocycles. The first-order valence-corrected chi connectivity index (χ1v) is 5.79. The monoisotopic (exact) mass is 239 g/mol. The average molecular weight is 239 g/mol. The van der Waals surface area contributed by atoms with Gasteiger partial charge in [0.25, 0.3) is 0 Å². The molecule has 0 aliphatic carbocycles. The van der Waals surface area contributed by atoms with Gasteiger partial charge in [-0.25, -0.2) is 4.98 Å². The van der Waals surface area contributed by atoms with Crippen LogP contribution in [0.1, 0.15) is 11.5 Å². The maximum atomic E-state index is 5.50. The van der Waals surface area contributed by atoms with Crippen molar-refractivity contribution in [3.63, 3.8) is 0 Å². The van der Waals surface area contributed by atoms with Crippen LogP contribution in [0.25, 0.3) is 22.8 Å². The third kappa shape index (κ3) is 1.82. The highest BCUT2D eigenvalue weighted by Gasteiger charge is 2.12. The van der Waals surface area contributed by atoms with Crippen LogP contribution in [0, 0.1) is 13.8 Å². The minimum absolute atomic E-state index is 0.698. The quantitative estimate of drug-likeness (QED) is 0.746. The molecule has 3 rings (SSSR count). The molecule has 0 fully saturated rings. The number of aromatic amines is 1. The Morgan fingerprint density at radius 1 is 1.11 bits per heavy atom. The van der Waals surface area contributed by atoms with Crippen molar-refractivity contribution in [2.75, 3.05) is 0 Å². The lowest BCUT2D eigenvalue weighted by Crippen LogP contribution is -1.80. The zero-order valence-corrected chi connectivity index (χ0v) is 10.3. The van der Waals surface area contributed by atoms with Gasteiger partial charge < -0.3 is 4.42 Å². The fourth-order valence-corrected chi connectivity index (χ4v) is 1.96. The summed E-state index contributed by atoms with van der Waals surface area (Å²) in [6.07, 6.45) is 0. The first-order valence-electron chi connectivity index (χ1n) is 5.79. The Morgan fingerprint density at radius 2 is 1.89 bits per heavy atom. The summed E-state index contributed by atoms with van der Waals surface area (Å²) in [5, 5.41) is 7.19. The fourth-order valence-electron chi connectivity index (χ4n) is 1.96. The minimum atomic E-state index is 0.698. The number of rotatable bonds is 2. The Morgan fingerprint density at radius 3 is 2.56 bits per heavy atom. The van der Waals surface area contributed by atoms with E-state index in [0.717, 1.165) is 28.5 Å². The third-order valence-corrected chi connectivity index (χ3v) is 2.81. The largest absolute Gasteiger partial charge is 0.466 e. The summed E-state index contributed by atoms with van der Waals surface area (Å²) in [6, 6.07) is 11.9. The number of hydrogen-bond donors (Lipinski definition) is 1. The van der Waals surface area contributed by atoms with Crippen LogP contribution in [-0.4, -0.2) is 15.2 Å². The lowest BCUT2D eigenvalue weighted by Gasteiger charge is -1.92. The SMILES string of the molecule is Cc1cc(-c2nc(-c3ccccc3)n[nH]2)c(C)o1. The maximum Gasteiger partial charge on any atom is 0.181 e. The summed E-state index contributed by atoms with van der Waals surface area (Å²) >= 11 is 0. The number of H-pyrrole nitrogens is 1. The predicted molar refractivity (Wildman–Crippen MR) is 69.0 cm³/mol. The number of aromatic nitrogens is 3. The van der Waals surface area contributed by atoms with Crippen LogP contribution in [0.5, 0.6) is 0 Å². The summed E-state index contributed by atoms with van der Waals surface area (Å²) in [4.78, 5) is 4.50. The van der Waals surface area contributed by atoms with E-state index in [1.807, 2.05) is 50.2 Å². The van der Waals surface area contributed by atoms with Gasteiger partial charge >= 0.3 is 0 Å². The molecule has 0 unspecified atom stereocenters. The third-order valence-electron chi connectivity index (χ3n) is 2.81. The van der Waals surface area contributed by atoms with E-state index in [4.69, 9.17) is 4.42 Å². The van der Waals surface area contributed by atoms with Gasteiger partial charge in [-0.15, -0.1) is 0 Å². The van der Waals surface area contributed by atoms with Crippen molar-refractivity contribution in [3.8, 4) is 22.8 Å². The number of furan rings is 1. The topological polar surface area (TPSA) is 54.7 Å². The van der Waals surface area contributed by atoms with E-state index < -0.39 is 0 Å². The summed E-state index contributed by atoms with van der Waals surface area (Å²) in [6.45, 7) is 3.85. The Bertz CT molecular complexity index is 667. The number of hydrogen-bond acceptors (Lipinski definition) is 3. The lowest BCUT2D eigenvalue weighted by molar-refractivity contribution is 0.505.